The molecule has 28 heavy (non-hydrogen) atoms. The summed E-state index contributed by atoms with van der Waals surface area (Å²) in [5.74, 6) is 0.0674. The van der Waals surface area contributed by atoms with Crippen LogP contribution >= 0.6 is 0 Å². The number of amides is 2. The molecule has 0 spiro atoms. The molecule has 0 saturated heterocycles. The molecule has 2 aromatic carbocycles. The van der Waals surface area contributed by atoms with Gasteiger partial charge >= 0.3 is 6.09 Å². The number of carbonyl (C=O) groups excluding carboxylic acids is 2. The number of hydrazone groups is 1. The minimum Gasteiger partial charge on any atom is -0.410 e. The van der Waals surface area contributed by atoms with Gasteiger partial charge < -0.3 is 4.74 Å². The Morgan fingerprint density at radius 1 is 1.18 bits per heavy atom. The summed E-state index contributed by atoms with van der Waals surface area (Å²) in [6.45, 7) is 3.70. The lowest BCUT2D eigenvalue weighted by molar-refractivity contribution is -0.384. The predicted molar refractivity (Wildman–Crippen MR) is 102 cm³/mol. The molecule has 0 bridgehead atoms. The van der Waals surface area contributed by atoms with E-state index in [1.54, 1.807) is 24.3 Å². The number of hydrogen-bond donors (Lipinski definition) is 2. The van der Waals surface area contributed by atoms with E-state index in [0.717, 1.165) is 11.3 Å². The van der Waals surface area contributed by atoms with Gasteiger partial charge in [0.15, 0.2) is 0 Å². The molecule has 1 aliphatic heterocycles. The Kier molecular flexibility index (Phi) is 5.08. The maximum Gasteiger partial charge on any atom is 0.417 e. The minimum absolute atomic E-state index is 0.0895. The molecule has 0 aromatic heterocycles. The lowest BCUT2D eigenvalue weighted by Gasteiger charge is -2.27. The van der Waals surface area contributed by atoms with Crippen molar-refractivity contribution in [2.75, 3.05) is 5.32 Å². The zero-order valence-electron chi connectivity index (χ0n) is 15.3. The predicted octanol–water partition coefficient (Wildman–Crippen LogP) is 3.46. The average molecular weight is 382 g/mol. The van der Waals surface area contributed by atoms with Gasteiger partial charge in [-0.05, 0) is 29.8 Å². The number of carbonyl (C=O) groups is 2. The van der Waals surface area contributed by atoms with Gasteiger partial charge in [0.2, 0.25) is 5.91 Å². The van der Waals surface area contributed by atoms with Gasteiger partial charge in [0.25, 0.3) is 5.69 Å². The molecule has 1 aliphatic rings. The highest BCUT2D eigenvalue weighted by atomic mass is 16.6. The van der Waals surface area contributed by atoms with Crippen molar-refractivity contribution in [3.63, 3.8) is 0 Å². The summed E-state index contributed by atoms with van der Waals surface area (Å²) in [7, 11) is 0. The number of hydrogen-bond acceptors (Lipinski definition) is 6. The summed E-state index contributed by atoms with van der Waals surface area (Å²) in [6, 6.07) is 12.2. The molecule has 0 aliphatic carbocycles. The van der Waals surface area contributed by atoms with Crippen molar-refractivity contribution < 1.29 is 19.2 Å². The zero-order valence-corrected chi connectivity index (χ0v) is 15.3. The highest BCUT2D eigenvalue weighted by Gasteiger charge is 2.33. The highest BCUT2D eigenvalue weighted by Crippen LogP contribution is 2.27. The third-order valence-corrected chi connectivity index (χ3v) is 4.24. The fraction of sp³-hybridized carbons (Fsp3) is 0.211. The topological polar surface area (TPSA) is 123 Å². The third-order valence-electron chi connectivity index (χ3n) is 4.24. The second-order valence-electron chi connectivity index (χ2n) is 6.90. The van der Waals surface area contributed by atoms with E-state index in [0.29, 0.717) is 12.1 Å². The number of non-ortho nitro benzene ring substituents is 1. The number of rotatable bonds is 4. The molecule has 0 saturated carbocycles. The molecule has 0 radical (unpaired) electrons. The summed E-state index contributed by atoms with van der Waals surface area (Å²) in [6.07, 6.45) is -0.210. The second-order valence-corrected chi connectivity index (χ2v) is 6.90. The first-order valence-electron chi connectivity index (χ1n) is 8.45. The number of nitro benzene ring substituents is 1. The molecular formula is C19H18N4O5. The summed E-state index contributed by atoms with van der Waals surface area (Å²) in [5.41, 5.74) is 3.99. The van der Waals surface area contributed by atoms with Gasteiger partial charge in [-0.3, -0.25) is 20.2 Å². The van der Waals surface area contributed by atoms with Crippen molar-refractivity contribution in [2.24, 2.45) is 10.5 Å². The minimum atomic E-state index is -0.718. The molecule has 0 unspecified atom stereocenters. The van der Waals surface area contributed by atoms with Crippen molar-refractivity contribution in [3.05, 3.63) is 64.2 Å². The van der Waals surface area contributed by atoms with E-state index in [1.165, 1.54) is 24.3 Å². The summed E-state index contributed by atoms with van der Waals surface area (Å²) < 4.78 is 5.09. The van der Waals surface area contributed by atoms with Crippen LogP contribution in [0.15, 0.2) is 53.6 Å². The van der Waals surface area contributed by atoms with Gasteiger partial charge in [-0.25, -0.2) is 10.2 Å². The molecule has 2 amide bonds. The fourth-order valence-electron chi connectivity index (χ4n) is 2.61. The highest BCUT2D eigenvalue weighted by molar-refractivity contribution is 6.06. The monoisotopic (exact) mass is 382 g/mol. The van der Waals surface area contributed by atoms with Crippen molar-refractivity contribution in [1.82, 2.24) is 5.43 Å². The van der Waals surface area contributed by atoms with Gasteiger partial charge in [0, 0.05) is 24.2 Å². The Labute approximate surface area is 160 Å². The first-order chi connectivity index (χ1) is 13.2. The Bertz CT molecular complexity index is 949. The van der Waals surface area contributed by atoms with E-state index in [1.807, 2.05) is 13.8 Å². The SMILES string of the molecule is CC1(C)CC(c2ccc(NC(=O)Oc3ccc([N+](=O)[O-])cc3)cc2)=NNC1=O. The van der Waals surface area contributed by atoms with Crippen LogP contribution in [0.25, 0.3) is 0 Å². The van der Waals surface area contributed by atoms with E-state index in [4.69, 9.17) is 4.74 Å². The van der Waals surface area contributed by atoms with Crippen LogP contribution in [0.4, 0.5) is 16.2 Å². The number of nitrogens with one attached hydrogen (secondary N) is 2. The van der Waals surface area contributed by atoms with Gasteiger partial charge in [0.05, 0.1) is 16.0 Å². The maximum atomic E-state index is 12.0. The van der Waals surface area contributed by atoms with Crippen LogP contribution in [0.2, 0.25) is 0 Å². The Morgan fingerprint density at radius 3 is 2.39 bits per heavy atom. The molecule has 2 aromatic rings. The van der Waals surface area contributed by atoms with Crippen molar-refractivity contribution >= 4 is 29.1 Å². The summed E-state index contributed by atoms with van der Waals surface area (Å²) >= 11 is 0. The van der Waals surface area contributed by atoms with E-state index in [9.17, 15) is 19.7 Å². The number of nitro groups is 1. The van der Waals surface area contributed by atoms with E-state index in [-0.39, 0.29) is 17.3 Å². The van der Waals surface area contributed by atoms with Crippen LogP contribution < -0.4 is 15.5 Å². The van der Waals surface area contributed by atoms with E-state index >= 15 is 0 Å². The molecule has 3 rings (SSSR count). The molecule has 0 atom stereocenters. The number of ether oxygens (including phenoxy) is 1. The summed E-state index contributed by atoms with van der Waals surface area (Å²) in [5, 5.41) is 17.3. The van der Waals surface area contributed by atoms with Gasteiger partial charge in [-0.1, -0.05) is 26.0 Å². The number of anilines is 1. The van der Waals surface area contributed by atoms with Crippen LogP contribution in [0.1, 0.15) is 25.8 Å². The smallest absolute Gasteiger partial charge is 0.410 e. The Morgan fingerprint density at radius 2 is 1.82 bits per heavy atom. The lowest BCUT2D eigenvalue weighted by Crippen LogP contribution is -2.40. The van der Waals surface area contributed by atoms with Crippen LogP contribution in [-0.2, 0) is 4.79 Å². The fourth-order valence-corrected chi connectivity index (χ4v) is 2.61. The third kappa shape index (κ3) is 4.32. The molecule has 0 fully saturated rings. The average Bonchev–Trinajstić information content (AvgIpc) is 2.65. The van der Waals surface area contributed by atoms with E-state index in [2.05, 4.69) is 15.8 Å². The Balaban J connectivity index is 1.62. The maximum absolute atomic E-state index is 12.0. The largest absolute Gasteiger partial charge is 0.417 e. The molecular weight excluding hydrogens is 364 g/mol. The molecule has 9 nitrogen and oxygen atoms in total. The van der Waals surface area contributed by atoms with Crippen molar-refractivity contribution in [1.29, 1.82) is 0 Å². The van der Waals surface area contributed by atoms with Gasteiger partial charge in [0.1, 0.15) is 5.75 Å². The van der Waals surface area contributed by atoms with E-state index < -0.39 is 16.4 Å². The first-order valence-corrected chi connectivity index (χ1v) is 8.45. The Hall–Kier alpha value is -3.75. The normalized spacial score (nSPS) is 15.2. The van der Waals surface area contributed by atoms with Crippen molar-refractivity contribution in [2.45, 2.75) is 20.3 Å². The van der Waals surface area contributed by atoms with Gasteiger partial charge in [-0.2, -0.15) is 5.10 Å². The van der Waals surface area contributed by atoms with Crippen LogP contribution in [0, 0.1) is 15.5 Å². The molecule has 9 heteroatoms. The molecule has 2 N–H and O–H groups in total. The standard InChI is InChI=1S/C19H18N4O5/c1-19(2)11-16(21-22-17(19)24)12-3-5-13(6-4-12)20-18(25)28-15-9-7-14(8-10-15)23(26)27/h3-10H,11H2,1-2H3,(H,20,25)(H,22,24). The van der Waals surface area contributed by atoms with Crippen LogP contribution in [-0.4, -0.2) is 22.6 Å². The first kappa shape index (κ1) is 19.0. The number of benzene rings is 2. The summed E-state index contributed by atoms with van der Waals surface area (Å²) in [4.78, 5) is 33.8. The van der Waals surface area contributed by atoms with Crippen LogP contribution in [0.3, 0.4) is 0 Å². The molecule has 144 valence electrons. The quantitative estimate of drug-likeness (QED) is 0.619. The zero-order chi connectivity index (χ0) is 20.3. The van der Waals surface area contributed by atoms with Crippen molar-refractivity contribution in [3.8, 4) is 5.75 Å². The molecule has 1 heterocycles. The number of nitrogens with zero attached hydrogens (tertiary/aromatic N) is 2. The van der Waals surface area contributed by atoms with Gasteiger partial charge in [-0.15, -0.1) is 0 Å². The lowest BCUT2D eigenvalue weighted by atomic mass is 9.83. The van der Waals surface area contributed by atoms with Crippen LogP contribution in [0.5, 0.6) is 5.75 Å². The second kappa shape index (κ2) is 7.47.